The van der Waals surface area contributed by atoms with Crippen LogP contribution >= 0.6 is 0 Å². The fraction of sp³-hybridized carbons (Fsp3) is 0.667. The minimum Gasteiger partial charge on any atom is -0.340 e. The molecule has 2 heterocycles. The Kier molecular flexibility index (Phi) is 6.88. The van der Waals surface area contributed by atoms with Crippen molar-refractivity contribution < 1.29 is 4.79 Å². The van der Waals surface area contributed by atoms with Gasteiger partial charge in [0.2, 0.25) is 5.91 Å². The van der Waals surface area contributed by atoms with Gasteiger partial charge in [-0.1, -0.05) is 43.7 Å². The Labute approximate surface area is 152 Å². The molecule has 2 aliphatic rings. The summed E-state index contributed by atoms with van der Waals surface area (Å²) in [4.78, 5) is 20.2. The lowest BCUT2D eigenvalue weighted by Gasteiger charge is -2.37. The molecule has 0 spiro atoms. The quantitative estimate of drug-likeness (QED) is 0.822. The van der Waals surface area contributed by atoms with E-state index in [0.29, 0.717) is 5.91 Å². The number of piperidine rings is 1. The molecule has 1 aromatic rings. The maximum atomic E-state index is 13.1. The fourth-order valence-electron chi connectivity index (χ4n) is 4.23. The number of likely N-dealkylation sites (tertiary alicyclic amines) is 1. The van der Waals surface area contributed by atoms with E-state index in [2.05, 4.69) is 52.0 Å². The predicted molar refractivity (Wildman–Crippen MR) is 102 cm³/mol. The van der Waals surface area contributed by atoms with E-state index in [9.17, 15) is 4.79 Å². The van der Waals surface area contributed by atoms with Gasteiger partial charge in [-0.15, -0.1) is 0 Å². The molecule has 1 atom stereocenters. The van der Waals surface area contributed by atoms with Gasteiger partial charge in [0.05, 0.1) is 6.04 Å². The van der Waals surface area contributed by atoms with Crippen LogP contribution in [-0.2, 0) is 11.3 Å². The van der Waals surface area contributed by atoms with Crippen LogP contribution in [-0.4, -0.2) is 65.9 Å². The summed E-state index contributed by atoms with van der Waals surface area (Å²) in [5.74, 6) is 0.384. The minimum atomic E-state index is 0.134. The van der Waals surface area contributed by atoms with E-state index in [1.165, 1.54) is 18.4 Å². The number of carbonyl (C=O) groups is 1. The molecule has 0 bridgehead atoms. The van der Waals surface area contributed by atoms with Gasteiger partial charge >= 0.3 is 0 Å². The fourth-order valence-corrected chi connectivity index (χ4v) is 4.23. The SMILES string of the molecule is CCCN1CCCCC1C(=O)N1CCCN(Cc2ccccc2)CC1. The normalized spacial score (nSPS) is 23.4. The molecule has 4 nitrogen and oxygen atoms in total. The molecule has 1 amide bonds. The van der Waals surface area contributed by atoms with E-state index < -0.39 is 0 Å². The van der Waals surface area contributed by atoms with Gasteiger partial charge in [-0.25, -0.2) is 0 Å². The Morgan fingerprint density at radius 2 is 1.84 bits per heavy atom. The summed E-state index contributed by atoms with van der Waals surface area (Å²) in [5.41, 5.74) is 1.36. The van der Waals surface area contributed by atoms with Gasteiger partial charge in [0.15, 0.2) is 0 Å². The standard InChI is InChI=1S/C21H33N3O/c1-2-12-23-14-7-6-11-20(23)21(25)24-15-8-13-22(16-17-24)18-19-9-4-3-5-10-19/h3-5,9-10,20H,2,6-8,11-18H2,1H3. The van der Waals surface area contributed by atoms with Crippen molar-refractivity contribution in [3.63, 3.8) is 0 Å². The van der Waals surface area contributed by atoms with Crippen molar-refractivity contribution >= 4 is 5.91 Å². The summed E-state index contributed by atoms with van der Waals surface area (Å²) < 4.78 is 0. The van der Waals surface area contributed by atoms with E-state index in [4.69, 9.17) is 0 Å². The van der Waals surface area contributed by atoms with E-state index in [-0.39, 0.29) is 6.04 Å². The summed E-state index contributed by atoms with van der Waals surface area (Å²) in [5, 5.41) is 0. The van der Waals surface area contributed by atoms with Crippen LogP contribution in [0.2, 0.25) is 0 Å². The maximum Gasteiger partial charge on any atom is 0.239 e. The second kappa shape index (κ2) is 9.35. The zero-order chi connectivity index (χ0) is 17.5. The van der Waals surface area contributed by atoms with Crippen LogP contribution in [0.3, 0.4) is 0 Å². The first-order chi connectivity index (χ1) is 12.3. The van der Waals surface area contributed by atoms with Gasteiger partial charge in [0.1, 0.15) is 0 Å². The Morgan fingerprint density at radius 1 is 1.00 bits per heavy atom. The number of hydrogen-bond donors (Lipinski definition) is 0. The lowest BCUT2D eigenvalue weighted by molar-refractivity contribution is -0.138. The molecule has 2 aliphatic heterocycles. The van der Waals surface area contributed by atoms with Crippen molar-refractivity contribution in [3.8, 4) is 0 Å². The highest BCUT2D eigenvalue weighted by Crippen LogP contribution is 2.20. The Bertz CT molecular complexity index is 531. The number of amides is 1. The van der Waals surface area contributed by atoms with Crippen LogP contribution in [0.15, 0.2) is 30.3 Å². The Balaban J connectivity index is 1.55. The summed E-state index contributed by atoms with van der Waals surface area (Å²) in [7, 11) is 0. The first-order valence-corrected chi connectivity index (χ1v) is 10.1. The van der Waals surface area contributed by atoms with Crippen molar-refractivity contribution in [2.45, 2.75) is 51.6 Å². The molecule has 0 saturated carbocycles. The van der Waals surface area contributed by atoms with Gasteiger partial charge < -0.3 is 4.90 Å². The average molecular weight is 344 g/mol. The van der Waals surface area contributed by atoms with E-state index in [1.54, 1.807) is 0 Å². The average Bonchev–Trinajstić information content (AvgIpc) is 2.88. The summed E-state index contributed by atoms with van der Waals surface area (Å²) >= 11 is 0. The van der Waals surface area contributed by atoms with Crippen molar-refractivity contribution in [2.24, 2.45) is 0 Å². The molecule has 2 saturated heterocycles. The molecule has 25 heavy (non-hydrogen) atoms. The Hall–Kier alpha value is -1.39. The molecule has 0 aliphatic carbocycles. The number of hydrogen-bond acceptors (Lipinski definition) is 3. The van der Waals surface area contributed by atoms with Crippen LogP contribution in [0.1, 0.15) is 44.6 Å². The van der Waals surface area contributed by atoms with E-state index in [1.807, 2.05) is 0 Å². The molecule has 0 aromatic heterocycles. The van der Waals surface area contributed by atoms with Crippen molar-refractivity contribution in [2.75, 3.05) is 39.3 Å². The Morgan fingerprint density at radius 3 is 2.64 bits per heavy atom. The predicted octanol–water partition coefficient (Wildman–Crippen LogP) is 2.99. The van der Waals surface area contributed by atoms with Gasteiger partial charge in [0.25, 0.3) is 0 Å². The van der Waals surface area contributed by atoms with Crippen LogP contribution < -0.4 is 0 Å². The van der Waals surface area contributed by atoms with Gasteiger partial charge in [-0.05, 0) is 44.3 Å². The van der Waals surface area contributed by atoms with Gasteiger partial charge in [-0.2, -0.15) is 0 Å². The van der Waals surface area contributed by atoms with Crippen LogP contribution in [0.5, 0.6) is 0 Å². The third-order valence-electron chi connectivity index (χ3n) is 5.56. The molecule has 1 unspecified atom stereocenters. The highest BCUT2D eigenvalue weighted by molar-refractivity contribution is 5.82. The summed E-state index contributed by atoms with van der Waals surface area (Å²) in [6.45, 7) is 9.23. The first kappa shape index (κ1) is 18.4. The topological polar surface area (TPSA) is 26.8 Å². The lowest BCUT2D eigenvalue weighted by atomic mass is 10.0. The molecule has 0 N–H and O–H groups in total. The number of rotatable bonds is 5. The molecular weight excluding hydrogens is 310 g/mol. The molecule has 138 valence electrons. The molecule has 2 fully saturated rings. The third kappa shape index (κ3) is 5.05. The number of nitrogens with zero attached hydrogens (tertiary/aromatic N) is 3. The highest BCUT2D eigenvalue weighted by Gasteiger charge is 2.32. The van der Waals surface area contributed by atoms with Crippen LogP contribution in [0.4, 0.5) is 0 Å². The van der Waals surface area contributed by atoms with Gasteiger partial charge in [-0.3, -0.25) is 14.6 Å². The largest absolute Gasteiger partial charge is 0.340 e. The second-order valence-corrected chi connectivity index (χ2v) is 7.49. The smallest absolute Gasteiger partial charge is 0.239 e. The molecular formula is C21H33N3O. The van der Waals surface area contributed by atoms with Crippen molar-refractivity contribution in [3.05, 3.63) is 35.9 Å². The van der Waals surface area contributed by atoms with Crippen LogP contribution in [0.25, 0.3) is 0 Å². The molecule has 0 radical (unpaired) electrons. The van der Waals surface area contributed by atoms with Crippen molar-refractivity contribution in [1.82, 2.24) is 14.7 Å². The molecule has 4 heteroatoms. The van der Waals surface area contributed by atoms with Crippen LogP contribution in [0, 0.1) is 0 Å². The maximum absolute atomic E-state index is 13.1. The highest BCUT2D eigenvalue weighted by atomic mass is 16.2. The molecule has 1 aromatic carbocycles. The number of benzene rings is 1. The van der Waals surface area contributed by atoms with E-state index in [0.717, 1.165) is 65.1 Å². The number of carbonyl (C=O) groups excluding carboxylic acids is 1. The summed E-state index contributed by atoms with van der Waals surface area (Å²) in [6.07, 6.45) is 5.70. The minimum absolute atomic E-state index is 0.134. The zero-order valence-electron chi connectivity index (χ0n) is 15.7. The monoisotopic (exact) mass is 343 g/mol. The lowest BCUT2D eigenvalue weighted by Crippen LogP contribution is -2.51. The second-order valence-electron chi connectivity index (χ2n) is 7.49. The summed E-state index contributed by atoms with van der Waals surface area (Å²) in [6, 6.07) is 10.8. The van der Waals surface area contributed by atoms with Crippen molar-refractivity contribution in [1.29, 1.82) is 0 Å². The van der Waals surface area contributed by atoms with Gasteiger partial charge in [0, 0.05) is 32.7 Å². The zero-order valence-corrected chi connectivity index (χ0v) is 15.7. The third-order valence-corrected chi connectivity index (χ3v) is 5.56. The molecule has 3 rings (SSSR count). The first-order valence-electron chi connectivity index (χ1n) is 10.1. The van der Waals surface area contributed by atoms with E-state index >= 15 is 0 Å².